The molecule has 0 bridgehead atoms. The van der Waals surface area contributed by atoms with Crippen LogP contribution in [0.25, 0.3) is 0 Å². The first kappa shape index (κ1) is 18.7. The summed E-state index contributed by atoms with van der Waals surface area (Å²) in [5, 5.41) is 0. The van der Waals surface area contributed by atoms with Crippen molar-refractivity contribution in [3.05, 3.63) is 53.9 Å². The Morgan fingerprint density at radius 3 is 2.58 bits per heavy atom. The highest BCUT2D eigenvalue weighted by Gasteiger charge is 2.19. The van der Waals surface area contributed by atoms with Gasteiger partial charge in [-0.1, -0.05) is 18.2 Å². The summed E-state index contributed by atoms with van der Waals surface area (Å²) in [7, 11) is 1.63. The van der Waals surface area contributed by atoms with Crippen molar-refractivity contribution < 1.29 is 9.47 Å². The van der Waals surface area contributed by atoms with Crippen LogP contribution >= 0.6 is 0 Å². The van der Waals surface area contributed by atoms with Crippen molar-refractivity contribution in [2.75, 3.05) is 57.9 Å². The SMILES string of the molecule is COc1ccc(C)nc1.c1ccc2c(c1)CCN2CCN1CCOCC1. The maximum absolute atomic E-state index is 5.37. The summed E-state index contributed by atoms with van der Waals surface area (Å²) >= 11 is 0. The van der Waals surface area contributed by atoms with Crippen molar-refractivity contribution in [2.24, 2.45) is 0 Å². The molecular weight excluding hydrogens is 326 g/mol. The smallest absolute Gasteiger partial charge is 0.137 e. The summed E-state index contributed by atoms with van der Waals surface area (Å²) in [6.07, 6.45) is 2.91. The monoisotopic (exact) mass is 355 g/mol. The van der Waals surface area contributed by atoms with Gasteiger partial charge in [0.2, 0.25) is 0 Å². The molecule has 0 spiro atoms. The second-order valence-corrected chi connectivity index (χ2v) is 6.66. The first-order valence-electron chi connectivity index (χ1n) is 9.36. The molecule has 0 unspecified atom stereocenters. The van der Waals surface area contributed by atoms with E-state index in [1.807, 2.05) is 19.1 Å². The quantitative estimate of drug-likeness (QED) is 0.843. The Kier molecular flexibility index (Phi) is 6.86. The van der Waals surface area contributed by atoms with E-state index in [1.54, 1.807) is 13.3 Å². The molecule has 26 heavy (non-hydrogen) atoms. The summed E-state index contributed by atoms with van der Waals surface area (Å²) < 4.78 is 10.3. The minimum Gasteiger partial charge on any atom is -0.495 e. The predicted molar refractivity (Wildman–Crippen MR) is 105 cm³/mol. The van der Waals surface area contributed by atoms with Gasteiger partial charge in [-0.05, 0) is 37.1 Å². The largest absolute Gasteiger partial charge is 0.495 e. The number of nitrogens with zero attached hydrogens (tertiary/aromatic N) is 3. The van der Waals surface area contributed by atoms with Crippen molar-refractivity contribution in [1.29, 1.82) is 0 Å². The van der Waals surface area contributed by atoms with E-state index in [-0.39, 0.29) is 0 Å². The van der Waals surface area contributed by atoms with Crippen LogP contribution in [0, 0.1) is 6.92 Å². The molecule has 1 saturated heterocycles. The first-order chi connectivity index (χ1) is 12.8. The van der Waals surface area contributed by atoms with Crippen LogP contribution in [0.3, 0.4) is 0 Å². The molecule has 0 amide bonds. The van der Waals surface area contributed by atoms with E-state index < -0.39 is 0 Å². The van der Waals surface area contributed by atoms with Gasteiger partial charge in [-0.15, -0.1) is 0 Å². The fourth-order valence-electron chi connectivity index (χ4n) is 3.30. The Morgan fingerprint density at radius 1 is 1.04 bits per heavy atom. The second-order valence-electron chi connectivity index (χ2n) is 6.66. The number of morpholine rings is 1. The van der Waals surface area contributed by atoms with Gasteiger partial charge in [0.05, 0.1) is 26.5 Å². The Bertz CT molecular complexity index is 669. The Balaban J connectivity index is 0.000000185. The number of benzene rings is 1. The number of ether oxygens (including phenoxy) is 2. The lowest BCUT2D eigenvalue weighted by atomic mass is 10.2. The number of para-hydroxylation sites is 1. The van der Waals surface area contributed by atoms with E-state index in [2.05, 4.69) is 39.0 Å². The zero-order valence-electron chi connectivity index (χ0n) is 15.9. The molecule has 3 heterocycles. The van der Waals surface area contributed by atoms with Gasteiger partial charge in [0, 0.05) is 44.1 Å². The number of rotatable bonds is 4. The summed E-state index contributed by atoms with van der Waals surface area (Å²) in [6.45, 7) is 9.43. The van der Waals surface area contributed by atoms with Gasteiger partial charge in [-0.25, -0.2) is 0 Å². The Labute approximate surface area is 156 Å². The molecule has 1 aromatic carbocycles. The summed E-state index contributed by atoms with van der Waals surface area (Å²) in [6, 6.07) is 12.6. The van der Waals surface area contributed by atoms with Gasteiger partial charge >= 0.3 is 0 Å². The molecule has 0 aliphatic carbocycles. The summed E-state index contributed by atoms with van der Waals surface area (Å²) in [5.41, 5.74) is 3.96. The lowest BCUT2D eigenvalue weighted by Crippen LogP contribution is -2.41. The van der Waals surface area contributed by atoms with Crippen molar-refractivity contribution in [3.63, 3.8) is 0 Å². The van der Waals surface area contributed by atoms with Crippen LogP contribution in [-0.2, 0) is 11.2 Å². The molecule has 5 heteroatoms. The summed E-state index contributed by atoms with van der Waals surface area (Å²) in [5.74, 6) is 0.806. The lowest BCUT2D eigenvalue weighted by Gasteiger charge is -2.29. The first-order valence-corrected chi connectivity index (χ1v) is 9.36. The van der Waals surface area contributed by atoms with Crippen molar-refractivity contribution >= 4 is 5.69 Å². The average molecular weight is 355 g/mol. The molecule has 4 rings (SSSR count). The lowest BCUT2D eigenvalue weighted by molar-refractivity contribution is 0.0392. The molecule has 0 saturated carbocycles. The van der Waals surface area contributed by atoms with Crippen LogP contribution < -0.4 is 9.64 Å². The molecule has 2 aliphatic rings. The molecule has 140 valence electrons. The number of anilines is 1. The Morgan fingerprint density at radius 2 is 1.85 bits per heavy atom. The molecule has 5 nitrogen and oxygen atoms in total. The number of pyridine rings is 1. The van der Waals surface area contributed by atoms with Gasteiger partial charge < -0.3 is 14.4 Å². The highest BCUT2D eigenvalue weighted by atomic mass is 16.5. The fourth-order valence-corrected chi connectivity index (χ4v) is 3.30. The number of fused-ring (bicyclic) bond motifs is 1. The second kappa shape index (κ2) is 9.55. The van der Waals surface area contributed by atoms with Gasteiger partial charge in [-0.3, -0.25) is 9.88 Å². The van der Waals surface area contributed by atoms with Crippen LogP contribution in [0.15, 0.2) is 42.6 Å². The van der Waals surface area contributed by atoms with E-state index in [1.165, 1.54) is 24.2 Å². The molecule has 0 N–H and O–H groups in total. The molecule has 0 radical (unpaired) electrons. The number of hydrogen-bond donors (Lipinski definition) is 0. The topological polar surface area (TPSA) is 37.8 Å². The van der Waals surface area contributed by atoms with E-state index in [0.717, 1.165) is 50.8 Å². The van der Waals surface area contributed by atoms with Gasteiger partial charge in [0.15, 0.2) is 0 Å². The van der Waals surface area contributed by atoms with Crippen LogP contribution in [0.5, 0.6) is 5.75 Å². The van der Waals surface area contributed by atoms with Crippen LogP contribution in [0.4, 0.5) is 5.69 Å². The van der Waals surface area contributed by atoms with Gasteiger partial charge in [0.1, 0.15) is 5.75 Å². The van der Waals surface area contributed by atoms with E-state index in [0.29, 0.717) is 0 Å². The van der Waals surface area contributed by atoms with Gasteiger partial charge in [-0.2, -0.15) is 0 Å². The third kappa shape index (κ3) is 5.19. The van der Waals surface area contributed by atoms with Gasteiger partial charge in [0.25, 0.3) is 0 Å². The predicted octanol–water partition coefficient (Wildman–Crippen LogP) is 2.78. The molecule has 2 aromatic rings. The van der Waals surface area contributed by atoms with Crippen LogP contribution in [-0.4, -0.2) is 62.9 Å². The third-order valence-electron chi connectivity index (χ3n) is 4.89. The third-order valence-corrected chi connectivity index (χ3v) is 4.89. The minimum atomic E-state index is 0.806. The normalized spacial score (nSPS) is 16.6. The maximum Gasteiger partial charge on any atom is 0.137 e. The van der Waals surface area contributed by atoms with Crippen LogP contribution in [0.1, 0.15) is 11.3 Å². The number of methoxy groups -OCH3 is 1. The minimum absolute atomic E-state index is 0.806. The molecule has 1 fully saturated rings. The van der Waals surface area contributed by atoms with E-state index in [4.69, 9.17) is 9.47 Å². The fraction of sp³-hybridized carbons (Fsp3) is 0.476. The number of aryl methyl sites for hydroxylation is 1. The zero-order chi connectivity index (χ0) is 18.2. The van der Waals surface area contributed by atoms with Crippen molar-refractivity contribution in [3.8, 4) is 5.75 Å². The maximum atomic E-state index is 5.37. The molecular formula is C21H29N3O2. The highest BCUT2D eigenvalue weighted by molar-refractivity contribution is 5.57. The van der Waals surface area contributed by atoms with Crippen molar-refractivity contribution in [1.82, 2.24) is 9.88 Å². The van der Waals surface area contributed by atoms with E-state index in [9.17, 15) is 0 Å². The van der Waals surface area contributed by atoms with Crippen molar-refractivity contribution in [2.45, 2.75) is 13.3 Å². The standard InChI is InChI=1S/C14H20N2O.C7H9NO/c1-2-4-14-13(3-1)5-6-16(14)8-7-15-9-11-17-12-10-15;1-6-3-4-7(9-2)5-8-6/h1-4H,5-12H2;3-5H,1-2H3. The number of hydrogen-bond acceptors (Lipinski definition) is 5. The molecule has 0 atom stereocenters. The van der Waals surface area contributed by atoms with Crippen LogP contribution in [0.2, 0.25) is 0 Å². The molecule has 2 aliphatic heterocycles. The average Bonchev–Trinajstić information content (AvgIpc) is 3.11. The van der Waals surface area contributed by atoms with E-state index >= 15 is 0 Å². The number of aromatic nitrogens is 1. The zero-order valence-corrected chi connectivity index (χ0v) is 15.9. The summed E-state index contributed by atoms with van der Waals surface area (Å²) in [4.78, 5) is 9.05. The Hall–Kier alpha value is -2.11. The highest BCUT2D eigenvalue weighted by Crippen LogP contribution is 2.26. The molecule has 1 aromatic heterocycles.